The molecule has 0 radical (unpaired) electrons. The minimum atomic E-state index is -0.166. The Hall–Kier alpha value is -2.17. The predicted octanol–water partition coefficient (Wildman–Crippen LogP) is 2.33. The smallest absolute Gasteiger partial charge is 0.273 e. The molecule has 1 aromatic carbocycles. The van der Waals surface area contributed by atoms with Gasteiger partial charge in [0.25, 0.3) is 5.91 Å². The molecule has 106 valence electrons. The third kappa shape index (κ3) is 2.71. The molecule has 5 heteroatoms. The molecule has 5 nitrogen and oxygen atoms in total. The van der Waals surface area contributed by atoms with Crippen LogP contribution < -0.4 is 5.32 Å². The van der Waals surface area contributed by atoms with Gasteiger partial charge in [-0.25, -0.2) is 4.68 Å². The summed E-state index contributed by atoms with van der Waals surface area (Å²) < 4.78 is 1.72. The SMILES string of the molecule is CCCNC(=O)c1nnn(-c2ccc(C)cc2C)c1C. The molecular weight excluding hydrogens is 252 g/mol. The summed E-state index contributed by atoms with van der Waals surface area (Å²) in [4.78, 5) is 12.0. The van der Waals surface area contributed by atoms with Crippen molar-refractivity contribution in [3.63, 3.8) is 0 Å². The summed E-state index contributed by atoms with van der Waals surface area (Å²) in [7, 11) is 0. The number of hydrogen-bond donors (Lipinski definition) is 1. The Morgan fingerprint density at radius 1 is 1.30 bits per heavy atom. The van der Waals surface area contributed by atoms with Gasteiger partial charge in [0.15, 0.2) is 5.69 Å². The largest absolute Gasteiger partial charge is 0.351 e. The Morgan fingerprint density at radius 3 is 2.70 bits per heavy atom. The maximum atomic E-state index is 12.0. The monoisotopic (exact) mass is 272 g/mol. The van der Waals surface area contributed by atoms with E-state index in [0.717, 1.165) is 23.4 Å². The number of benzene rings is 1. The summed E-state index contributed by atoms with van der Waals surface area (Å²) in [5, 5.41) is 10.9. The number of hydrogen-bond acceptors (Lipinski definition) is 3. The highest BCUT2D eigenvalue weighted by Crippen LogP contribution is 2.17. The van der Waals surface area contributed by atoms with Crippen molar-refractivity contribution in [3.05, 3.63) is 40.7 Å². The highest BCUT2D eigenvalue weighted by Gasteiger charge is 2.17. The summed E-state index contributed by atoms with van der Waals surface area (Å²) >= 11 is 0. The lowest BCUT2D eigenvalue weighted by atomic mass is 10.1. The Morgan fingerprint density at radius 2 is 2.05 bits per heavy atom. The van der Waals surface area contributed by atoms with Gasteiger partial charge >= 0.3 is 0 Å². The maximum Gasteiger partial charge on any atom is 0.273 e. The molecule has 0 aliphatic rings. The highest BCUT2D eigenvalue weighted by atomic mass is 16.2. The Labute approximate surface area is 119 Å². The van der Waals surface area contributed by atoms with Gasteiger partial charge in [-0.1, -0.05) is 29.8 Å². The predicted molar refractivity (Wildman–Crippen MR) is 78.2 cm³/mol. The van der Waals surface area contributed by atoms with Crippen molar-refractivity contribution in [1.29, 1.82) is 0 Å². The lowest BCUT2D eigenvalue weighted by molar-refractivity contribution is 0.0948. The van der Waals surface area contributed by atoms with Crippen LogP contribution in [0.1, 0.15) is 40.7 Å². The van der Waals surface area contributed by atoms with Gasteiger partial charge in [0.05, 0.1) is 11.4 Å². The van der Waals surface area contributed by atoms with E-state index in [-0.39, 0.29) is 5.91 Å². The third-order valence-electron chi connectivity index (χ3n) is 3.23. The van der Waals surface area contributed by atoms with Crippen LogP contribution in [0.5, 0.6) is 0 Å². The fraction of sp³-hybridized carbons (Fsp3) is 0.400. The molecule has 0 spiro atoms. The summed E-state index contributed by atoms with van der Waals surface area (Å²) in [6.45, 7) is 8.60. The van der Waals surface area contributed by atoms with E-state index < -0.39 is 0 Å². The van der Waals surface area contributed by atoms with Crippen LogP contribution in [-0.4, -0.2) is 27.4 Å². The molecule has 1 aromatic heterocycles. The average Bonchev–Trinajstić information content (AvgIpc) is 2.78. The van der Waals surface area contributed by atoms with Crippen LogP contribution >= 0.6 is 0 Å². The van der Waals surface area contributed by atoms with Crippen LogP contribution in [0, 0.1) is 20.8 Å². The Bertz CT molecular complexity index is 631. The molecule has 0 bridgehead atoms. The second-order valence-electron chi connectivity index (χ2n) is 4.98. The lowest BCUT2D eigenvalue weighted by Gasteiger charge is -2.08. The topological polar surface area (TPSA) is 59.8 Å². The first kappa shape index (κ1) is 14.2. The normalized spacial score (nSPS) is 10.6. The first-order valence-corrected chi connectivity index (χ1v) is 6.82. The number of nitrogens with zero attached hydrogens (tertiary/aromatic N) is 3. The zero-order valence-electron chi connectivity index (χ0n) is 12.4. The molecule has 0 aliphatic heterocycles. The van der Waals surface area contributed by atoms with Crippen LogP contribution in [0.4, 0.5) is 0 Å². The van der Waals surface area contributed by atoms with E-state index in [1.54, 1.807) is 4.68 Å². The number of amides is 1. The fourth-order valence-electron chi connectivity index (χ4n) is 2.13. The van der Waals surface area contributed by atoms with Crippen molar-refractivity contribution in [2.24, 2.45) is 0 Å². The molecule has 1 amide bonds. The van der Waals surface area contributed by atoms with Crippen LogP contribution in [-0.2, 0) is 0 Å². The van der Waals surface area contributed by atoms with E-state index >= 15 is 0 Å². The standard InChI is InChI=1S/C15H20N4O/c1-5-8-16-15(20)14-12(4)19(18-17-14)13-7-6-10(2)9-11(13)3/h6-7,9H,5,8H2,1-4H3,(H,16,20). The van der Waals surface area contributed by atoms with Gasteiger partial charge in [0.1, 0.15) is 0 Å². The number of aromatic nitrogens is 3. The third-order valence-corrected chi connectivity index (χ3v) is 3.23. The van der Waals surface area contributed by atoms with E-state index in [2.05, 4.69) is 28.6 Å². The van der Waals surface area contributed by atoms with Crippen LogP contribution in [0.15, 0.2) is 18.2 Å². The number of aryl methyl sites for hydroxylation is 2. The van der Waals surface area contributed by atoms with Crippen LogP contribution in [0.2, 0.25) is 0 Å². The quantitative estimate of drug-likeness (QED) is 0.929. The van der Waals surface area contributed by atoms with Crippen molar-refractivity contribution in [1.82, 2.24) is 20.3 Å². The summed E-state index contributed by atoms with van der Waals surface area (Å²) in [5.74, 6) is -0.166. The summed E-state index contributed by atoms with van der Waals surface area (Å²) in [6, 6.07) is 6.12. The van der Waals surface area contributed by atoms with E-state index in [1.165, 1.54) is 5.56 Å². The Kier molecular flexibility index (Phi) is 4.17. The lowest BCUT2D eigenvalue weighted by Crippen LogP contribution is -2.25. The molecule has 2 aromatic rings. The molecule has 2 rings (SSSR count). The van der Waals surface area contributed by atoms with Gasteiger partial charge in [-0.2, -0.15) is 0 Å². The van der Waals surface area contributed by atoms with Gasteiger partial charge in [-0.05, 0) is 38.8 Å². The summed E-state index contributed by atoms with van der Waals surface area (Å²) in [5.41, 5.74) is 4.41. The van der Waals surface area contributed by atoms with E-state index in [1.807, 2.05) is 32.9 Å². The van der Waals surface area contributed by atoms with E-state index in [0.29, 0.717) is 12.2 Å². The Balaban J connectivity index is 2.35. The molecule has 0 aliphatic carbocycles. The van der Waals surface area contributed by atoms with Gasteiger partial charge < -0.3 is 5.32 Å². The number of nitrogens with one attached hydrogen (secondary N) is 1. The van der Waals surface area contributed by atoms with Crippen LogP contribution in [0.3, 0.4) is 0 Å². The highest BCUT2D eigenvalue weighted by molar-refractivity contribution is 5.93. The van der Waals surface area contributed by atoms with Crippen LogP contribution in [0.25, 0.3) is 5.69 Å². The minimum absolute atomic E-state index is 0.166. The molecule has 0 saturated carbocycles. The second kappa shape index (κ2) is 5.86. The van der Waals surface area contributed by atoms with Crippen molar-refractivity contribution < 1.29 is 4.79 Å². The summed E-state index contributed by atoms with van der Waals surface area (Å²) in [6.07, 6.45) is 0.899. The first-order chi connectivity index (χ1) is 9.54. The van der Waals surface area contributed by atoms with Gasteiger partial charge in [0.2, 0.25) is 0 Å². The van der Waals surface area contributed by atoms with Gasteiger partial charge in [-0.15, -0.1) is 5.10 Å². The molecule has 0 saturated heterocycles. The zero-order valence-corrected chi connectivity index (χ0v) is 12.4. The number of rotatable bonds is 4. The fourth-order valence-corrected chi connectivity index (χ4v) is 2.13. The second-order valence-corrected chi connectivity index (χ2v) is 4.98. The molecule has 0 unspecified atom stereocenters. The minimum Gasteiger partial charge on any atom is -0.351 e. The van der Waals surface area contributed by atoms with E-state index in [4.69, 9.17) is 0 Å². The zero-order chi connectivity index (χ0) is 14.7. The van der Waals surface area contributed by atoms with Gasteiger partial charge in [0, 0.05) is 6.54 Å². The molecule has 1 heterocycles. The molecule has 0 fully saturated rings. The van der Waals surface area contributed by atoms with E-state index in [9.17, 15) is 4.79 Å². The number of carbonyl (C=O) groups excluding carboxylic acids is 1. The molecule has 20 heavy (non-hydrogen) atoms. The van der Waals surface area contributed by atoms with Crippen molar-refractivity contribution in [2.45, 2.75) is 34.1 Å². The van der Waals surface area contributed by atoms with Crippen molar-refractivity contribution in [2.75, 3.05) is 6.54 Å². The first-order valence-electron chi connectivity index (χ1n) is 6.82. The van der Waals surface area contributed by atoms with Crippen molar-refractivity contribution >= 4 is 5.91 Å². The van der Waals surface area contributed by atoms with Crippen molar-refractivity contribution in [3.8, 4) is 5.69 Å². The van der Waals surface area contributed by atoms with Gasteiger partial charge in [-0.3, -0.25) is 4.79 Å². The molecular formula is C15H20N4O. The number of carbonyl (C=O) groups is 1. The molecule has 1 N–H and O–H groups in total. The maximum absolute atomic E-state index is 12.0. The molecule has 0 atom stereocenters. The average molecular weight is 272 g/mol.